The van der Waals surface area contributed by atoms with Crippen LogP contribution >= 0.6 is 0 Å². The Morgan fingerprint density at radius 1 is 1.29 bits per heavy atom. The molecule has 1 saturated heterocycles. The highest BCUT2D eigenvalue weighted by molar-refractivity contribution is 5.92. The molecule has 1 amide bonds. The Kier molecular flexibility index (Phi) is 4.06. The van der Waals surface area contributed by atoms with Crippen LogP contribution in [0.3, 0.4) is 0 Å². The van der Waals surface area contributed by atoms with E-state index in [-0.39, 0.29) is 18.1 Å². The molecule has 0 saturated carbocycles. The van der Waals surface area contributed by atoms with Crippen LogP contribution < -0.4 is 0 Å². The Balaban J connectivity index is 1.80. The first-order chi connectivity index (χ1) is 10.3. The summed E-state index contributed by atoms with van der Waals surface area (Å²) < 4.78 is 10.8. The standard InChI is InChI=1S/C17H19NO3/c1-20-15-9-10-18(17(19)16-8-5-11-21-16)14(15)12-13-6-3-2-4-7-13/h2-8,11,14-15H,9-10,12H2,1H3/t14-,15-/m0/s1. The quantitative estimate of drug-likeness (QED) is 0.867. The van der Waals surface area contributed by atoms with Crippen molar-refractivity contribution in [3.63, 3.8) is 0 Å². The maximum absolute atomic E-state index is 12.5. The molecule has 0 unspecified atom stereocenters. The van der Waals surface area contributed by atoms with Crippen LogP contribution in [0.1, 0.15) is 22.5 Å². The van der Waals surface area contributed by atoms with Gasteiger partial charge in [0.05, 0.1) is 18.4 Å². The van der Waals surface area contributed by atoms with Crippen LogP contribution in [-0.2, 0) is 11.2 Å². The van der Waals surface area contributed by atoms with Gasteiger partial charge in [0.1, 0.15) is 0 Å². The molecule has 2 atom stereocenters. The normalized spacial score (nSPS) is 21.7. The Morgan fingerprint density at radius 2 is 2.10 bits per heavy atom. The van der Waals surface area contributed by atoms with Gasteiger partial charge in [0.2, 0.25) is 0 Å². The van der Waals surface area contributed by atoms with E-state index in [2.05, 4.69) is 12.1 Å². The molecule has 1 aromatic heterocycles. The molecular formula is C17H19NO3. The minimum Gasteiger partial charge on any atom is -0.459 e. The van der Waals surface area contributed by atoms with Crippen molar-refractivity contribution >= 4 is 5.91 Å². The van der Waals surface area contributed by atoms with E-state index in [4.69, 9.17) is 9.15 Å². The number of methoxy groups -OCH3 is 1. The fraction of sp³-hybridized carbons (Fsp3) is 0.353. The van der Waals surface area contributed by atoms with E-state index in [1.807, 2.05) is 23.1 Å². The molecule has 1 aliphatic heterocycles. The predicted molar refractivity (Wildman–Crippen MR) is 79.1 cm³/mol. The molecule has 0 radical (unpaired) electrons. The van der Waals surface area contributed by atoms with E-state index < -0.39 is 0 Å². The number of nitrogens with zero attached hydrogens (tertiary/aromatic N) is 1. The fourth-order valence-electron chi connectivity index (χ4n) is 2.99. The second-order valence-electron chi connectivity index (χ2n) is 5.30. The zero-order valence-electron chi connectivity index (χ0n) is 12.1. The molecule has 3 rings (SSSR count). The highest BCUT2D eigenvalue weighted by atomic mass is 16.5. The lowest BCUT2D eigenvalue weighted by atomic mass is 10.0. The molecule has 1 fully saturated rings. The first kappa shape index (κ1) is 13.9. The Hall–Kier alpha value is -2.07. The zero-order valence-corrected chi connectivity index (χ0v) is 12.1. The van der Waals surface area contributed by atoms with Gasteiger partial charge < -0.3 is 14.1 Å². The lowest BCUT2D eigenvalue weighted by Gasteiger charge is -2.27. The highest BCUT2D eigenvalue weighted by Gasteiger charge is 2.38. The zero-order chi connectivity index (χ0) is 14.7. The second kappa shape index (κ2) is 6.14. The van der Waals surface area contributed by atoms with Gasteiger partial charge >= 0.3 is 0 Å². The number of rotatable bonds is 4. The number of hydrogen-bond acceptors (Lipinski definition) is 3. The molecule has 1 aliphatic rings. The first-order valence-corrected chi connectivity index (χ1v) is 7.21. The largest absolute Gasteiger partial charge is 0.459 e. The van der Waals surface area contributed by atoms with Crippen molar-refractivity contribution in [2.24, 2.45) is 0 Å². The molecule has 2 aromatic rings. The average Bonchev–Trinajstić information content (AvgIpc) is 3.17. The summed E-state index contributed by atoms with van der Waals surface area (Å²) in [6, 6.07) is 13.7. The molecule has 0 aliphatic carbocycles. The van der Waals surface area contributed by atoms with E-state index in [1.165, 1.54) is 11.8 Å². The maximum Gasteiger partial charge on any atom is 0.289 e. The van der Waals surface area contributed by atoms with Crippen molar-refractivity contribution in [3.8, 4) is 0 Å². The van der Waals surface area contributed by atoms with Crippen LogP contribution in [0.4, 0.5) is 0 Å². The molecule has 1 aromatic carbocycles. The topological polar surface area (TPSA) is 42.7 Å². The summed E-state index contributed by atoms with van der Waals surface area (Å²) in [5, 5.41) is 0. The van der Waals surface area contributed by atoms with Gasteiger partial charge in [-0.25, -0.2) is 0 Å². The number of likely N-dealkylation sites (tertiary alicyclic amines) is 1. The summed E-state index contributed by atoms with van der Waals surface area (Å²) in [6.45, 7) is 0.704. The van der Waals surface area contributed by atoms with Crippen molar-refractivity contribution in [1.29, 1.82) is 0 Å². The van der Waals surface area contributed by atoms with Gasteiger partial charge in [-0.1, -0.05) is 30.3 Å². The van der Waals surface area contributed by atoms with E-state index >= 15 is 0 Å². The minimum atomic E-state index is -0.0551. The van der Waals surface area contributed by atoms with E-state index in [0.717, 1.165) is 12.8 Å². The summed E-state index contributed by atoms with van der Waals surface area (Å²) in [5.41, 5.74) is 1.21. The van der Waals surface area contributed by atoms with E-state index in [0.29, 0.717) is 12.3 Å². The summed E-state index contributed by atoms with van der Waals surface area (Å²) in [6.07, 6.45) is 3.26. The molecule has 4 heteroatoms. The third-order valence-electron chi connectivity index (χ3n) is 4.07. The average molecular weight is 285 g/mol. The number of carbonyl (C=O) groups excluding carboxylic acids is 1. The van der Waals surface area contributed by atoms with Gasteiger partial charge in [-0.05, 0) is 30.5 Å². The Bertz CT molecular complexity index is 579. The van der Waals surface area contributed by atoms with Gasteiger partial charge in [0, 0.05) is 13.7 Å². The van der Waals surface area contributed by atoms with Crippen LogP contribution in [0.5, 0.6) is 0 Å². The van der Waals surface area contributed by atoms with Gasteiger partial charge in [0.25, 0.3) is 5.91 Å². The SMILES string of the molecule is CO[C@H]1CCN(C(=O)c2ccco2)[C@H]1Cc1ccccc1. The van der Waals surface area contributed by atoms with Gasteiger partial charge in [-0.15, -0.1) is 0 Å². The van der Waals surface area contributed by atoms with Crippen LogP contribution in [0.15, 0.2) is 53.1 Å². The summed E-state index contributed by atoms with van der Waals surface area (Å²) in [5.74, 6) is 0.338. The number of benzene rings is 1. The number of amides is 1. The molecule has 21 heavy (non-hydrogen) atoms. The molecule has 2 heterocycles. The van der Waals surface area contributed by atoms with Crippen molar-refractivity contribution < 1.29 is 13.9 Å². The molecule has 110 valence electrons. The third kappa shape index (κ3) is 2.85. The second-order valence-corrected chi connectivity index (χ2v) is 5.30. The first-order valence-electron chi connectivity index (χ1n) is 7.21. The number of furan rings is 1. The number of hydrogen-bond donors (Lipinski definition) is 0. The Labute approximate surface area is 124 Å². The Morgan fingerprint density at radius 3 is 2.76 bits per heavy atom. The van der Waals surface area contributed by atoms with Crippen LogP contribution in [-0.4, -0.2) is 36.6 Å². The lowest BCUT2D eigenvalue weighted by Crippen LogP contribution is -2.41. The van der Waals surface area contributed by atoms with Gasteiger partial charge in [-0.3, -0.25) is 4.79 Å². The van der Waals surface area contributed by atoms with Crippen LogP contribution in [0, 0.1) is 0 Å². The van der Waals surface area contributed by atoms with Crippen molar-refractivity contribution in [3.05, 3.63) is 60.1 Å². The smallest absolute Gasteiger partial charge is 0.289 e. The van der Waals surface area contributed by atoms with Crippen LogP contribution in [0.25, 0.3) is 0 Å². The van der Waals surface area contributed by atoms with E-state index in [9.17, 15) is 4.79 Å². The summed E-state index contributed by atoms with van der Waals surface area (Å²) in [7, 11) is 1.71. The summed E-state index contributed by atoms with van der Waals surface area (Å²) in [4.78, 5) is 14.4. The molecule has 0 N–H and O–H groups in total. The molecule has 0 bridgehead atoms. The van der Waals surface area contributed by atoms with Crippen molar-refractivity contribution in [2.45, 2.75) is 25.0 Å². The predicted octanol–water partition coefficient (Wildman–Crippen LogP) is 2.75. The van der Waals surface area contributed by atoms with Crippen molar-refractivity contribution in [2.75, 3.05) is 13.7 Å². The van der Waals surface area contributed by atoms with E-state index in [1.54, 1.807) is 19.2 Å². The van der Waals surface area contributed by atoms with Gasteiger partial charge in [-0.2, -0.15) is 0 Å². The van der Waals surface area contributed by atoms with Crippen molar-refractivity contribution in [1.82, 2.24) is 4.90 Å². The van der Waals surface area contributed by atoms with Crippen LogP contribution in [0.2, 0.25) is 0 Å². The number of ether oxygens (including phenoxy) is 1. The summed E-state index contributed by atoms with van der Waals surface area (Å²) >= 11 is 0. The third-order valence-corrected chi connectivity index (χ3v) is 4.07. The lowest BCUT2D eigenvalue weighted by molar-refractivity contribution is 0.0487. The molecule has 0 spiro atoms. The molecule has 4 nitrogen and oxygen atoms in total. The molecular weight excluding hydrogens is 266 g/mol. The number of carbonyl (C=O) groups is 1. The monoisotopic (exact) mass is 285 g/mol. The maximum atomic E-state index is 12.5. The highest BCUT2D eigenvalue weighted by Crippen LogP contribution is 2.26. The van der Waals surface area contributed by atoms with Gasteiger partial charge in [0.15, 0.2) is 5.76 Å². The minimum absolute atomic E-state index is 0.0509. The fourth-order valence-corrected chi connectivity index (χ4v) is 2.99.